The van der Waals surface area contributed by atoms with Gasteiger partial charge in [0, 0.05) is 5.92 Å². The molecule has 1 nitrogen and oxygen atoms in total. The van der Waals surface area contributed by atoms with Crippen LogP contribution in [0.15, 0.2) is 46.6 Å². The molecule has 164 valence electrons. The summed E-state index contributed by atoms with van der Waals surface area (Å²) < 4.78 is 0. The van der Waals surface area contributed by atoms with Crippen LogP contribution in [0, 0.1) is 28.1 Å². The maximum atomic E-state index is 10.2. The Kier molecular flexibility index (Phi) is 12.2. The van der Waals surface area contributed by atoms with Gasteiger partial charge < -0.3 is 0 Å². The molecule has 0 rings (SSSR count). The molecule has 0 aliphatic rings. The first-order chi connectivity index (χ1) is 13.5. The third kappa shape index (κ3) is 9.66. The van der Waals surface area contributed by atoms with Gasteiger partial charge in [-0.15, -0.1) is 0 Å². The molecule has 0 aliphatic carbocycles. The van der Waals surface area contributed by atoms with Gasteiger partial charge >= 0.3 is 0 Å². The Morgan fingerprint density at radius 3 is 1.97 bits per heavy atom. The molecule has 1 heteroatoms. The molecular weight excluding hydrogens is 350 g/mol. The van der Waals surface area contributed by atoms with Gasteiger partial charge in [0.25, 0.3) is 0 Å². The summed E-state index contributed by atoms with van der Waals surface area (Å²) in [4.78, 5) is 0. The molecule has 0 aromatic rings. The summed E-state index contributed by atoms with van der Waals surface area (Å²) in [5.41, 5.74) is 5.17. The zero-order chi connectivity index (χ0) is 22.7. The van der Waals surface area contributed by atoms with Crippen molar-refractivity contribution in [1.29, 1.82) is 5.26 Å². The van der Waals surface area contributed by atoms with Crippen molar-refractivity contribution in [3.63, 3.8) is 0 Å². The van der Waals surface area contributed by atoms with E-state index in [0.717, 1.165) is 38.5 Å². The third-order valence-corrected chi connectivity index (χ3v) is 6.03. The number of hydrogen-bond acceptors (Lipinski definition) is 1. The van der Waals surface area contributed by atoms with Crippen LogP contribution in [0.1, 0.15) is 108 Å². The van der Waals surface area contributed by atoms with Crippen LogP contribution in [0.4, 0.5) is 0 Å². The highest BCUT2D eigenvalue weighted by molar-refractivity contribution is 5.24. The van der Waals surface area contributed by atoms with Crippen LogP contribution >= 0.6 is 0 Å². The molecule has 0 spiro atoms. The van der Waals surface area contributed by atoms with Crippen LogP contribution in [0.2, 0.25) is 0 Å². The maximum Gasteiger partial charge on any atom is 0.0821 e. The molecule has 0 aromatic carbocycles. The van der Waals surface area contributed by atoms with E-state index in [1.54, 1.807) is 0 Å². The van der Waals surface area contributed by atoms with Crippen LogP contribution in [-0.4, -0.2) is 0 Å². The van der Waals surface area contributed by atoms with Gasteiger partial charge in [0.2, 0.25) is 0 Å². The number of allylic oxidation sites excluding steroid dienone is 8. The van der Waals surface area contributed by atoms with Crippen LogP contribution in [0.3, 0.4) is 0 Å². The van der Waals surface area contributed by atoms with Crippen molar-refractivity contribution >= 4 is 0 Å². The monoisotopic (exact) mass is 397 g/mol. The van der Waals surface area contributed by atoms with Crippen LogP contribution in [0.25, 0.3) is 0 Å². The Bertz CT molecular complexity index is 659. The molecule has 0 saturated carbocycles. The lowest BCUT2D eigenvalue weighted by Gasteiger charge is -2.32. The number of rotatable bonds is 12. The SMILES string of the molecule is CCCC(C#N)(C=C(C)C)C(C=C(C)C)CC(C)=CCC(C)(C=C(C)CC)CC. The summed E-state index contributed by atoms with van der Waals surface area (Å²) in [7, 11) is 0. The zero-order valence-corrected chi connectivity index (χ0v) is 21.1. The first-order valence-electron chi connectivity index (χ1n) is 11.5. The fourth-order valence-corrected chi connectivity index (χ4v) is 4.10. The van der Waals surface area contributed by atoms with Crippen molar-refractivity contribution in [2.24, 2.45) is 16.7 Å². The predicted molar refractivity (Wildman–Crippen MR) is 131 cm³/mol. The second-order valence-electron chi connectivity index (χ2n) is 9.78. The van der Waals surface area contributed by atoms with Crippen molar-refractivity contribution in [3.05, 3.63) is 46.6 Å². The summed E-state index contributed by atoms with van der Waals surface area (Å²) in [6.45, 7) is 22.1. The molecule has 0 aliphatic heterocycles. The van der Waals surface area contributed by atoms with Gasteiger partial charge in [-0.2, -0.15) is 5.26 Å². The number of hydrogen-bond donors (Lipinski definition) is 0. The molecule has 0 saturated heterocycles. The summed E-state index contributed by atoms with van der Waals surface area (Å²) >= 11 is 0. The van der Waals surface area contributed by atoms with Gasteiger partial charge in [-0.05, 0) is 79.1 Å². The van der Waals surface area contributed by atoms with E-state index >= 15 is 0 Å². The molecule has 3 atom stereocenters. The van der Waals surface area contributed by atoms with Gasteiger partial charge in [-0.3, -0.25) is 0 Å². The molecule has 0 N–H and O–H groups in total. The Balaban J connectivity index is 5.89. The highest BCUT2D eigenvalue weighted by Crippen LogP contribution is 2.41. The fraction of sp³-hybridized carbons (Fsp3) is 0.679. The lowest BCUT2D eigenvalue weighted by molar-refractivity contribution is 0.332. The minimum atomic E-state index is -0.424. The molecule has 0 aromatic heterocycles. The van der Waals surface area contributed by atoms with Gasteiger partial charge in [-0.1, -0.05) is 80.7 Å². The Hall–Kier alpha value is -1.55. The standard InChI is InChI=1S/C28H47N/c1-11-15-28(21-29,19-23(6)7)26(17-22(4)5)18-25(9)14-16-27(10,13-3)20-24(8)12-2/h14,17,19-20,26H,11-13,15-16,18H2,1-10H3. The number of nitriles is 1. The zero-order valence-electron chi connectivity index (χ0n) is 21.1. The molecule has 0 heterocycles. The van der Waals surface area contributed by atoms with Crippen LogP contribution in [-0.2, 0) is 0 Å². The Labute approximate surface area is 182 Å². The normalized spacial score (nSPS) is 17.6. The molecule has 0 bridgehead atoms. The second-order valence-corrected chi connectivity index (χ2v) is 9.78. The second kappa shape index (κ2) is 12.9. The topological polar surface area (TPSA) is 23.8 Å². The van der Waals surface area contributed by atoms with Crippen molar-refractivity contribution in [3.8, 4) is 6.07 Å². The van der Waals surface area contributed by atoms with Gasteiger partial charge in [-0.25, -0.2) is 0 Å². The van der Waals surface area contributed by atoms with E-state index in [9.17, 15) is 5.26 Å². The van der Waals surface area contributed by atoms with Crippen molar-refractivity contribution in [2.75, 3.05) is 0 Å². The molecule has 0 radical (unpaired) electrons. The van der Waals surface area contributed by atoms with E-state index in [2.05, 4.69) is 99.6 Å². The van der Waals surface area contributed by atoms with Crippen molar-refractivity contribution in [1.82, 2.24) is 0 Å². The lowest BCUT2D eigenvalue weighted by Crippen LogP contribution is -2.27. The average Bonchev–Trinajstić information content (AvgIpc) is 2.64. The summed E-state index contributed by atoms with van der Waals surface area (Å²) in [6.07, 6.45) is 15.6. The van der Waals surface area contributed by atoms with E-state index in [1.165, 1.54) is 22.3 Å². The van der Waals surface area contributed by atoms with E-state index in [1.807, 2.05) is 0 Å². The van der Waals surface area contributed by atoms with Crippen molar-refractivity contribution < 1.29 is 0 Å². The minimum Gasteiger partial charge on any atom is -0.197 e. The first kappa shape index (κ1) is 27.5. The smallest absolute Gasteiger partial charge is 0.0821 e. The highest BCUT2D eigenvalue weighted by atomic mass is 14.4. The van der Waals surface area contributed by atoms with E-state index in [-0.39, 0.29) is 11.3 Å². The largest absolute Gasteiger partial charge is 0.197 e. The van der Waals surface area contributed by atoms with Crippen LogP contribution in [0.5, 0.6) is 0 Å². The van der Waals surface area contributed by atoms with Gasteiger partial charge in [0.05, 0.1) is 11.5 Å². The summed E-state index contributed by atoms with van der Waals surface area (Å²) in [5, 5.41) is 10.2. The summed E-state index contributed by atoms with van der Waals surface area (Å²) in [5.74, 6) is 0.212. The maximum absolute atomic E-state index is 10.2. The molecule has 0 amide bonds. The Morgan fingerprint density at radius 2 is 1.55 bits per heavy atom. The summed E-state index contributed by atoms with van der Waals surface area (Å²) in [6, 6.07) is 2.72. The number of nitrogens with zero attached hydrogens (tertiary/aromatic N) is 1. The highest BCUT2D eigenvalue weighted by Gasteiger charge is 2.35. The molecule has 0 fully saturated rings. The third-order valence-electron chi connectivity index (χ3n) is 6.03. The van der Waals surface area contributed by atoms with E-state index < -0.39 is 5.41 Å². The minimum absolute atomic E-state index is 0.211. The molecular formula is C28H47N. The quantitative estimate of drug-likeness (QED) is 0.301. The van der Waals surface area contributed by atoms with Crippen molar-refractivity contribution in [2.45, 2.75) is 108 Å². The fourth-order valence-electron chi connectivity index (χ4n) is 4.10. The molecule has 29 heavy (non-hydrogen) atoms. The van der Waals surface area contributed by atoms with E-state index in [4.69, 9.17) is 0 Å². The van der Waals surface area contributed by atoms with E-state index in [0.29, 0.717) is 0 Å². The van der Waals surface area contributed by atoms with Crippen LogP contribution < -0.4 is 0 Å². The first-order valence-corrected chi connectivity index (χ1v) is 11.5. The Morgan fingerprint density at radius 1 is 0.931 bits per heavy atom. The van der Waals surface area contributed by atoms with Gasteiger partial charge in [0.1, 0.15) is 0 Å². The molecule has 3 unspecified atom stereocenters. The average molecular weight is 398 g/mol. The predicted octanol–water partition coefficient (Wildman–Crippen LogP) is 9.34. The van der Waals surface area contributed by atoms with Gasteiger partial charge in [0.15, 0.2) is 0 Å². The lowest BCUT2D eigenvalue weighted by atomic mass is 9.69.